The Bertz CT molecular complexity index is 647. The number of aryl methyl sites for hydroxylation is 1. The molecule has 1 fully saturated rings. The number of nitrogens with one attached hydrogen (secondary N) is 1. The molecule has 1 saturated heterocycles. The Labute approximate surface area is 147 Å². The summed E-state index contributed by atoms with van der Waals surface area (Å²) in [4.78, 5) is 13.4. The molecule has 1 aromatic heterocycles. The van der Waals surface area contributed by atoms with Crippen molar-refractivity contribution in [2.45, 2.75) is 24.8 Å². The molecular formula is C19H24N2O2S. The first-order chi connectivity index (χ1) is 11.9. The molecule has 2 aliphatic rings. The molecule has 1 N–H and O–H groups in total. The van der Waals surface area contributed by atoms with Gasteiger partial charge >= 0.3 is 0 Å². The third-order valence-corrected chi connectivity index (χ3v) is 5.80. The highest BCUT2D eigenvalue weighted by Crippen LogP contribution is 2.35. The predicted molar refractivity (Wildman–Crippen MR) is 96.6 cm³/mol. The zero-order valence-corrected chi connectivity index (χ0v) is 14.6. The van der Waals surface area contributed by atoms with E-state index < -0.39 is 0 Å². The standard InChI is InChI=1S/C19H24N2O2S/c1-2-6-19-16(5-1)17(13-22-23-19)18-12-20-8-10-21(18)9-3-4-15-7-11-24-14-15/h1-2,5-7,11,14,17-18,20H,3-4,8-10,12-13H2. The maximum absolute atomic E-state index is 5.42. The summed E-state index contributed by atoms with van der Waals surface area (Å²) in [5, 5.41) is 7.99. The lowest BCUT2D eigenvalue weighted by Crippen LogP contribution is -2.55. The number of piperazine rings is 1. The van der Waals surface area contributed by atoms with Crippen LogP contribution < -0.4 is 10.2 Å². The number of thiophene rings is 1. The average Bonchev–Trinajstić information content (AvgIpc) is 3.15. The number of para-hydroxylation sites is 1. The van der Waals surface area contributed by atoms with Gasteiger partial charge in [-0.05, 0) is 47.8 Å². The Morgan fingerprint density at radius 1 is 1.25 bits per heavy atom. The molecule has 0 radical (unpaired) electrons. The van der Waals surface area contributed by atoms with Crippen LogP contribution in [0.4, 0.5) is 0 Å². The summed E-state index contributed by atoms with van der Waals surface area (Å²) in [6.45, 7) is 4.96. The van der Waals surface area contributed by atoms with E-state index in [2.05, 4.69) is 39.2 Å². The van der Waals surface area contributed by atoms with Crippen molar-refractivity contribution in [3.05, 3.63) is 52.2 Å². The maximum atomic E-state index is 5.42. The zero-order chi connectivity index (χ0) is 16.2. The van der Waals surface area contributed by atoms with E-state index in [-0.39, 0.29) is 0 Å². The minimum absolute atomic E-state index is 0.365. The van der Waals surface area contributed by atoms with Gasteiger partial charge in [0.25, 0.3) is 0 Å². The number of hydrogen-bond acceptors (Lipinski definition) is 5. The van der Waals surface area contributed by atoms with Gasteiger partial charge < -0.3 is 10.2 Å². The van der Waals surface area contributed by atoms with Crippen molar-refractivity contribution >= 4 is 11.3 Å². The van der Waals surface area contributed by atoms with E-state index in [0.29, 0.717) is 18.6 Å². The van der Waals surface area contributed by atoms with E-state index in [4.69, 9.17) is 9.78 Å². The van der Waals surface area contributed by atoms with E-state index in [1.807, 2.05) is 12.1 Å². The van der Waals surface area contributed by atoms with Crippen LogP contribution in [0.2, 0.25) is 0 Å². The van der Waals surface area contributed by atoms with Crippen molar-refractivity contribution in [1.82, 2.24) is 10.2 Å². The van der Waals surface area contributed by atoms with Gasteiger partial charge in [0.15, 0.2) is 5.75 Å². The van der Waals surface area contributed by atoms with Gasteiger partial charge in [-0.15, -0.1) is 0 Å². The van der Waals surface area contributed by atoms with Crippen LogP contribution in [-0.2, 0) is 11.3 Å². The normalized spacial score (nSPS) is 24.3. The van der Waals surface area contributed by atoms with Crippen molar-refractivity contribution in [3.8, 4) is 5.75 Å². The molecule has 0 bridgehead atoms. The molecule has 0 amide bonds. The van der Waals surface area contributed by atoms with Crippen LogP contribution in [0.1, 0.15) is 23.5 Å². The largest absolute Gasteiger partial charge is 0.337 e. The number of nitrogens with zero attached hydrogens (tertiary/aromatic N) is 1. The third kappa shape index (κ3) is 3.49. The highest BCUT2D eigenvalue weighted by Gasteiger charge is 2.35. The Balaban J connectivity index is 1.44. The molecule has 24 heavy (non-hydrogen) atoms. The summed E-state index contributed by atoms with van der Waals surface area (Å²) in [5.41, 5.74) is 2.74. The molecule has 0 saturated carbocycles. The summed E-state index contributed by atoms with van der Waals surface area (Å²) in [5.74, 6) is 1.24. The summed E-state index contributed by atoms with van der Waals surface area (Å²) < 4.78 is 0. The van der Waals surface area contributed by atoms with Gasteiger partial charge in [-0.3, -0.25) is 4.90 Å². The second-order valence-corrected chi connectivity index (χ2v) is 7.33. The van der Waals surface area contributed by atoms with Gasteiger partial charge in [-0.1, -0.05) is 18.2 Å². The molecule has 3 heterocycles. The number of hydrogen-bond donors (Lipinski definition) is 1. The highest BCUT2D eigenvalue weighted by atomic mass is 32.1. The Kier molecular flexibility index (Phi) is 5.13. The number of fused-ring (bicyclic) bond motifs is 1. The lowest BCUT2D eigenvalue weighted by Gasteiger charge is -2.42. The number of rotatable bonds is 5. The van der Waals surface area contributed by atoms with Crippen molar-refractivity contribution in [2.75, 3.05) is 32.8 Å². The quantitative estimate of drug-likeness (QED) is 0.845. The monoisotopic (exact) mass is 344 g/mol. The van der Waals surface area contributed by atoms with Crippen molar-refractivity contribution < 1.29 is 9.78 Å². The second-order valence-electron chi connectivity index (χ2n) is 6.55. The summed E-state index contributed by atoms with van der Waals surface area (Å²) in [6.07, 6.45) is 2.37. The van der Waals surface area contributed by atoms with Crippen LogP contribution in [0.5, 0.6) is 5.75 Å². The lowest BCUT2D eigenvalue weighted by molar-refractivity contribution is -0.225. The van der Waals surface area contributed by atoms with Crippen LogP contribution in [0, 0.1) is 0 Å². The predicted octanol–water partition coefficient (Wildman–Crippen LogP) is 3.06. The second kappa shape index (κ2) is 7.66. The first-order valence-corrected chi connectivity index (χ1v) is 9.70. The van der Waals surface area contributed by atoms with Gasteiger partial charge in [0.2, 0.25) is 0 Å². The van der Waals surface area contributed by atoms with E-state index in [9.17, 15) is 0 Å². The van der Waals surface area contributed by atoms with Gasteiger partial charge in [0, 0.05) is 37.2 Å². The van der Waals surface area contributed by atoms with Crippen molar-refractivity contribution in [1.29, 1.82) is 0 Å². The summed E-state index contributed by atoms with van der Waals surface area (Å²) >= 11 is 1.79. The summed E-state index contributed by atoms with van der Waals surface area (Å²) in [6, 6.07) is 11.0. The fourth-order valence-corrected chi connectivity index (χ4v) is 4.51. The highest BCUT2D eigenvalue weighted by molar-refractivity contribution is 7.07. The van der Waals surface area contributed by atoms with E-state index in [0.717, 1.165) is 31.9 Å². The van der Waals surface area contributed by atoms with E-state index >= 15 is 0 Å². The topological polar surface area (TPSA) is 33.7 Å². The molecule has 0 spiro atoms. The average molecular weight is 344 g/mol. The van der Waals surface area contributed by atoms with E-state index in [1.54, 1.807) is 11.3 Å². The van der Waals surface area contributed by atoms with Crippen molar-refractivity contribution in [3.63, 3.8) is 0 Å². The van der Waals surface area contributed by atoms with Crippen LogP contribution in [0.25, 0.3) is 0 Å². The molecule has 2 aliphatic heterocycles. The SMILES string of the molecule is c1ccc2c(c1)OOCC2C1CNCCN1CCCc1ccsc1. The zero-order valence-electron chi connectivity index (χ0n) is 13.8. The summed E-state index contributed by atoms with van der Waals surface area (Å²) in [7, 11) is 0. The fourth-order valence-electron chi connectivity index (χ4n) is 3.80. The third-order valence-electron chi connectivity index (χ3n) is 5.07. The minimum atomic E-state index is 0.365. The smallest absolute Gasteiger partial charge is 0.169 e. The van der Waals surface area contributed by atoms with Crippen LogP contribution >= 0.6 is 11.3 Å². The Morgan fingerprint density at radius 3 is 3.12 bits per heavy atom. The molecular weight excluding hydrogens is 320 g/mol. The Morgan fingerprint density at radius 2 is 2.21 bits per heavy atom. The van der Waals surface area contributed by atoms with Gasteiger partial charge in [-0.25, -0.2) is 0 Å². The number of benzene rings is 1. The van der Waals surface area contributed by atoms with Crippen molar-refractivity contribution in [2.24, 2.45) is 0 Å². The minimum Gasteiger partial charge on any atom is -0.337 e. The molecule has 4 nitrogen and oxygen atoms in total. The molecule has 5 heteroatoms. The first kappa shape index (κ1) is 16.1. The van der Waals surface area contributed by atoms with Crippen LogP contribution in [0.15, 0.2) is 41.1 Å². The molecule has 2 unspecified atom stereocenters. The van der Waals surface area contributed by atoms with Crippen LogP contribution in [-0.4, -0.2) is 43.7 Å². The van der Waals surface area contributed by atoms with Gasteiger partial charge in [-0.2, -0.15) is 16.2 Å². The first-order valence-electron chi connectivity index (χ1n) is 8.76. The van der Waals surface area contributed by atoms with Gasteiger partial charge in [0.05, 0.1) is 0 Å². The van der Waals surface area contributed by atoms with Crippen LogP contribution in [0.3, 0.4) is 0 Å². The molecule has 4 rings (SSSR count). The Hall–Kier alpha value is -1.40. The molecule has 128 valence electrons. The lowest BCUT2D eigenvalue weighted by atomic mass is 9.88. The fraction of sp³-hybridized carbons (Fsp3) is 0.474. The van der Waals surface area contributed by atoms with Gasteiger partial charge in [0.1, 0.15) is 6.61 Å². The van der Waals surface area contributed by atoms with E-state index in [1.165, 1.54) is 24.0 Å². The molecule has 1 aromatic carbocycles. The maximum Gasteiger partial charge on any atom is 0.169 e. The molecule has 2 atom stereocenters. The molecule has 2 aromatic rings. The molecule has 0 aliphatic carbocycles.